The van der Waals surface area contributed by atoms with Crippen molar-refractivity contribution in [3.63, 3.8) is 0 Å². The van der Waals surface area contributed by atoms with Crippen LogP contribution < -0.4 is 5.32 Å². The quantitative estimate of drug-likeness (QED) is 0.735. The lowest BCUT2D eigenvalue weighted by molar-refractivity contribution is 0.657. The van der Waals surface area contributed by atoms with Crippen LogP contribution in [0.4, 0.5) is 0 Å². The summed E-state index contributed by atoms with van der Waals surface area (Å²) in [5.74, 6) is 0.593. The zero-order valence-electron chi connectivity index (χ0n) is 12.5. The van der Waals surface area contributed by atoms with Gasteiger partial charge in [0.05, 0.1) is 0 Å². The molecule has 1 rings (SSSR count). The van der Waals surface area contributed by atoms with E-state index in [-0.39, 0.29) is 0 Å². The molecule has 1 N–H and O–H groups in total. The predicted molar refractivity (Wildman–Crippen MR) is 81.9 cm³/mol. The van der Waals surface area contributed by atoms with Crippen molar-refractivity contribution in [2.24, 2.45) is 5.92 Å². The monoisotopic (exact) mass is 245 g/mol. The van der Waals surface area contributed by atoms with Crippen LogP contribution in [-0.2, 0) is 0 Å². The van der Waals surface area contributed by atoms with Crippen LogP contribution in [0.15, 0.2) is 23.8 Å². The van der Waals surface area contributed by atoms with E-state index in [1.807, 2.05) is 0 Å². The second-order valence-electron chi connectivity index (χ2n) is 5.41. The van der Waals surface area contributed by atoms with Gasteiger partial charge in [-0.25, -0.2) is 0 Å². The number of hydrogen-bond donors (Lipinski definition) is 1. The van der Waals surface area contributed by atoms with Gasteiger partial charge in [-0.3, -0.25) is 0 Å². The van der Waals surface area contributed by atoms with E-state index in [0.29, 0.717) is 5.92 Å². The largest absolute Gasteiger partial charge is 0.313 e. The lowest BCUT2D eigenvalue weighted by Crippen LogP contribution is -2.20. The Balaban J connectivity index is 2.86. The summed E-state index contributed by atoms with van der Waals surface area (Å²) in [6.07, 6.45) is 3.54. The third kappa shape index (κ3) is 4.66. The smallest absolute Gasteiger partial charge is 0.0170 e. The van der Waals surface area contributed by atoms with Crippen LogP contribution in [0.3, 0.4) is 0 Å². The van der Waals surface area contributed by atoms with Crippen LogP contribution in [0.25, 0.3) is 6.08 Å². The van der Waals surface area contributed by atoms with Crippen molar-refractivity contribution in [3.05, 3.63) is 40.5 Å². The molecule has 1 heteroatoms. The molecule has 0 aliphatic rings. The van der Waals surface area contributed by atoms with E-state index in [0.717, 1.165) is 13.1 Å². The van der Waals surface area contributed by atoms with Gasteiger partial charge >= 0.3 is 0 Å². The second kappa shape index (κ2) is 7.38. The SMILES string of the molecule is CCCNCC(=Cc1ccc(C)cc1C)C(C)C. The fourth-order valence-corrected chi connectivity index (χ4v) is 2.02. The van der Waals surface area contributed by atoms with E-state index in [9.17, 15) is 0 Å². The van der Waals surface area contributed by atoms with Gasteiger partial charge in [-0.05, 0) is 43.9 Å². The lowest BCUT2D eigenvalue weighted by Gasteiger charge is -2.13. The highest BCUT2D eigenvalue weighted by atomic mass is 14.8. The highest BCUT2D eigenvalue weighted by molar-refractivity contribution is 5.57. The molecule has 0 saturated carbocycles. The van der Waals surface area contributed by atoms with E-state index >= 15 is 0 Å². The van der Waals surface area contributed by atoms with Crippen molar-refractivity contribution in [1.29, 1.82) is 0 Å². The van der Waals surface area contributed by atoms with Crippen LogP contribution in [-0.4, -0.2) is 13.1 Å². The minimum absolute atomic E-state index is 0.593. The summed E-state index contributed by atoms with van der Waals surface area (Å²) in [6, 6.07) is 6.67. The van der Waals surface area contributed by atoms with Crippen molar-refractivity contribution in [2.45, 2.75) is 41.0 Å². The van der Waals surface area contributed by atoms with Gasteiger partial charge in [0.15, 0.2) is 0 Å². The molecule has 0 spiro atoms. The summed E-state index contributed by atoms with van der Waals surface area (Å²) in [7, 11) is 0. The summed E-state index contributed by atoms with van der Waals surface area (Å²) >= 11 is 0. The number of aryl methyl sites for hydroxylation is 2. The Morgan fingerprint density at radius 3 is 2.56 bits per heavy atom. The first kappa shape index (κ1) is 15.0. The van der Waals surface area contributed by atoms with Crippen molar-refractivity contribution >= 4 is 6.08 Å². The van der Waals surface area contributed by atoms with Crippen LogP contribution in [0.5, 0.6) is 0 Å². The minimum Gasteiger partial charge on any atom is -0.313 e. The fraction of sp³-hybridized carbons (Fsp3) is 0.529. The van der Waals surface area contributed by atoms with Crippen LogP contribution in [0.2, 0.25) is 0 Å². The second-order valence-corrected chi connectivity index (χ2v) is 5.41. The van der Waals surface area contributed by atoms with Crippen LogP contribution in [0.1, 0.15) is 43.9 Å². The van der Waals surface area contributed by atoms with E-state index in [2.05, 4.69) is 64.2 Å². The van der Waals surface area contributed by atoms with Gasteiger partial charge in [-0.2, -0.15) is 0 Å². The minimum atomic E-state index is 0.593. The van der Waals surface area contributed by atoms with Gasteiger partial charge in [-0.1, -0.05) is 56.2 Å². The molecule has 0 fully saturated rings. The van der Waals surface area contributed by atoms with Crippen molar-refractivity contribution in [2.75, 3.05) is 13.1 Å². The topological polar surface area (TPSA) is 12.0 Å². The predicted octanol–water partition coefficient (Wildman–Crippen LogP) is 4.34. The Labute approximate surface area is 112 Å². The van der Waals surface area contributed by atoms with Crippen molar-refractivity contribution < 1.29 is 0 Å². The first-order valence-electron chi connectivity index (χ1n) is 7.03. The molecular weight excluding hydrogens is 218 g/mol. The van der Waals surface area contributed by atoms with Gasteiger partial charge in [0.25, 0.3) is 0 Å². The van der Waals surface area contributed by atoms with Crippen LogP contribution >= 0.6 is 0 Å². The molecule has 1 aromatic rings. The molecule has 0 amide bonds. The maximum Gasteiger partial charge on any atom is 0.0170 e. The molecule has 1 aromatic carbocycles. The summed E-state index contributed by atoms with van der Waals surface area (Å²) < 4.78 is 0. The normalized spacial score (nSPS) is 12.2. The number of benzene rings is 1. The molecule has 0 aliphatic heterocycles. The fourth-order valence-electron chi connectivity index (χ4n) is 2.02. The molecule has 0 heterocycles. The van der Waals surface area contributed by atoms with Gasteiger partial charge in [-0.15, -0.1) is 0 Å². The first-order valence-corrected chi connectivity index (χ1v) is 7.03. The molecule has 0 bridgehead atoms. The highest BCUT2D eigenvalue weighted by Crippen LogP contribution is 2.18. The molecule has 0 aliphatic carbocycles. The maximum absolute atomic E-state index is 3.50. The lowest BCUT2D eigenvalue weighted by atomic mass is 9.97. The summed E-state index contributed by atoms with van der Waals surface area (Å²) in [5, 5.41) is 3.50. The van der Waals surface area contributed by atoms with E-state index < -0.39 is 0 Å². The highest BCUT2D eigenvalue weighted by Gasteiger charge is 2.04. The third-order valence-corrected chi connectivity index (χ3v) is 3.26. The molecule has 1 nitrogen and oxygen atoms in total. The molecule has 0 aromatic heterocycles. The zero-order chi connectivity index (χ0) is 13.5. The first-order chi connectivity index (χ1) is 8.54. The Morgan fingerprint density at radius 2 is 2.00 bits per heavy atom. The Bertz CT molecular complexity index is 402. The number of nitrogens with one attached hydrogen (secondary N) is 1. The number of hydrogen-bond acceptors (Lipinski definition) is 1. The summed E-state index contributed by atoms with van der Waals surface area (Å²) in [6.45, 7) is 13.2. The Hall–Kier alpha value is -1.08. The molecular formula is C17H27N. The standard InChI is InChI=1S/C17H27N/c1-6-9-18-12-17(13(2)3)11-16-8-7-14(4)10-15(16)5/h7-8,10-11,13,18H,6,9,12H2,1-5H3. The zero-order valence-corrected chi connectivity index (χ0v) is 12.5. The Morgan fingerprint density at radius 1 is 1.28 bits per heavy atom. The average Bonchev–Trinajstić information content (AvgIpc) is 2.30. The van der Waals surface area contributed by atoms with Gasteiger partial charge in [0.2, 0.25) is 0 Å². The molecule has 0 atom stereocenters. The van der Waals surface area contributed by atoms with Gasteiger partial charge in [0, 0.05) is 6.54 Å². The number of rotatable bonds is 6. The molecule has 0 saturated heterocycles. The summed E-state index contributed by atoms with van der Waals surface area (Å²) in [4.78, 5) is 0. The van der Waals surface area contributed by atoms with Crippen molar-refractivity contribution in [1.82, 2.24) is 5.32 Å². The van der Waals surface area contributed by atoms with E-state index in [1.165, 1.54) is 28.7 Å². The maximum atomic E-state index is 3.50. The van der Waals surface area contributed by atoms with Crippen LogP contribution in [0, 0.1) is 19.8 Å². The third-order valence-electron chi connectivity index (χ3n) is 3.26. The molecule has 100 valence electrons. The molecule has 18 heavy (non-hydrogen) atoms. The van der Waals surface area contributed by atoms with Crippen molar-refractivity contribution in [3.8, 4) is 0 Å². The van der Waals surface area contributed by atoms with Gasteiger partial charge < -0.3 is 5.32 Å². The molecule has 0 unspecified atom stereocenters. The van der Waals surface area contributed by atoms with Gasteiger partial charge in [0.1, 0.15) is 0 Å². The van der Waals surface area contributed by atoms with E-state index in [4.69, 9.17) is 0 Å². The van der Waals surface area contributed by atoms with E-state index in [1.54, 1.807) is 0 Å². The molecule has 0 radical (unpaired) electrons. The Kier molecular flexibility index (Phi) is 6.14. The summed E-state index contributed by atoms with van der Waals surface area (Å²) in [5.41, 5.74) is 5.53. The average molecular weight is 245 g/mol.